The summed E-state index contributed by atoms with van der Waals surface area (Å²) in [6, 6.07) is 8.82. The van der Waals surface area contributed by atoms with Crippen LogP contribution in [0.15, 0.2) is 35.8 Å². The minimum absolute atomic E-state index is 0.618. The molecule has 20 heavy (non-hydrogen) atoms. The van der Waals surface area contributed by atoms with Gasteiger partial charge in [-0.05, 0) is 36.8 Å². The summed E-state index contributed by atoms with van der Waals surface area (Å²) in [5.41, 5.74) is 2.63. The Morgan fingerprint density at radius 2 is 1.95 bits per heavy atom. The van der Waals surface area contributed by atoms with E-state index in [2.05, 4.69) is 35.7 Å². The van der Waals surface area contributed by atoms with Crippen LogP contribution in [0.4, 0.5) is 0 Å². The van der Waals surface area contributed by atoms with Crippen molar-refractivity contribution in [1.82, 2.24) is 4.90 Å². The Morgan fingerprint density at radius 1 is 1.15 bits per heavy atom. The van der Waals surface area contributed by atoms with Crippen molar-refractivity contribution in [3.05, 3.63) is 42.0 Å². The van der Waals surface area contributed by atoms with Crippen molar-refractivity contribution < 1.29 is 0 Å². The third-order valence-electron chi connectivity index (χ3n) is 4.48. The van der Waals surface area contributed by atoms with Gasteiger partial charge >= 0.3 is 0 Å². The second-order valence-electron chi connectivity index (χ2n) is 5.92. The van der Waals surface area contributed by atoms with E-state index < -0.39 is 0 Å². The van der Waals surface area contributed by atoms with Crippen LogP contribution in [-0.2, 0) is 6.42 Å². The maximum Gasteiger partial charge on any atom is 0.102 e. The van der Waals surface area contributed by atoms with E-state index in [0.29, 0.717) is 5.92 Å². The Labute approximate surface area is 122 Å². The van der Waals surface area contributed by atoms with Gasteiger partial charge < -0.3 is 4.90 Å². The summed E-state index contributed by atoms with van der Waals surface area (Å²) in [5.74, 6) is 2.01. The van der Waals surface area contributed by atoms with Crippen LogP contribution in [0.25, 0.3) is 6.08 Å². The number of fused-ring (bicyclic) bond motifs is 1. The van der Waals surface area contributed by atoms with E-state index in [1.54, 1.807) is 0 Å². The molecule has 3 rings (SSSR count). The molecule has 0 spiro atoms. The van der Waals surface area contributed by atoms with Crippen LogP contribution < -0.4 is 0 Å². The second-order valence-corrected chi connectivity index (χ2v) is 5.92. The van der Waals surface area contributed by atoms with Gasteiger partial charge in [-0.1, -0.05) is 43.3 Å². The zero-order valence-electron chi connectivity index (χ0n) is 12.2. The molecule has 2 aliphatic rings. The molecule has 1 saturated heterocycles. The van der Waals surface area contributed by atoms with E-state index in [1.165, 1.54) is 55.7 Å². The lowest BCUT2D eigenvalue weighted by Crippen LogP contribution is -2.39. The number of rotatable bonds is 3. The topological polar surface area (TPSA) is 15.6 Å². The van der Waals surface area contributed by atoms with Crippen molar-refractivity contribution in [2.24, 2.45) is 10.9 Å². The standard InChI is InChI=1S/C18H24N2/c1-2-15-7-9-16(10-8-15)14-17-6-3-4-12-20-13-5-11-19-18(17)20/h2,7-10,17H,1,3-6,11-14H2. The normalized spacial score (nSPS) is 22.7. The monoisotopic (exact) mass is 268 g/mol. The molecule has 0 saturated carbocycles. The maximum atomic E-state index is 4.85. The molecule has 2 aliphatic heterocycles. The number of benzene rings is 1. The van der Waals surface area contributed by atoms with Gasteiger partial charge in [-0.3, -0.25) is 4.99 Å². The highest BCUT2D eigenvalue weighted by atomic mass is 15.2. The predicted octanol–water partition coefficient (Wildman–Crippen LogP) is 3.78. The first-order chi connectivity index (χ1) is 9.86. The average Bonchev–Trinajstić information content (AvgIpc) is 2.71. The van der Waals surface area contributed by atoms with Crippen molar-refractivity contribution in [3.8, 4) is 0 Å². The Balaban J connectivity index is 1.76. The molecule has 0 aliphatic carbocycles. The highest BCUT2D eigenvalue weighted by Crippen LogP contribution is 2.25. The fourth-order valence-corrected chi connectivity index (χ4v) is 3.37. The van der Waals surface area contributed by atoms with Crippen LogP contribution in [0.3, 0.4) is 0 Å². The molecule has 0 amide bonds. The molecule has 0 aromatic heterocycles. The van der Waals surface area contributed by atoms with Crippen LogP contribution in [0, 0.1) is 5.92 Å². The first-order valence-corrected chi connectivity index (χ1v) is 7.87. The summed E-state index contributed by atoms with van der Waals surface area (Å²) in [7, 11) is 0. The predicted molar refractivity (Wildman–Crippen MR) is 86.1 cm³/mol. The summed E-state index contributed by atoms with van der Waals surface area (Å²) >= 11 is 0. The highest BCUT2D eigenvalue weighted by Gasteiger charge is 2.26. The summed E-state index contributed by atoms with van der Waals surface area (Å²) in [6.45, 7) is 7.27. The van der Waals surface area contributed by atoms with Gasteiger partial charge in [0, 0.05) is 25.6 Å². The van der Waals surface area contributed by atoms with Gasteiger partial charge in [-0.15, -0.1) is 0 Å². The van der Waals surface area contributed by atoms with Crippen molar-refractivity contribution in [2.45, 2.75) is 32.1 Å². The summed E-state index contributed by atoms with van der Waals surface area (Å²) in [5, 5.41) is 0. The first-order valence-electron chi connectivity index (χ1n) is 7.87. The number of hydrogen-bond acceptors (Lipinski definition) is 2. The molecular formula is C18H24N2. The van der Waals surface area contributed by atoms with Crippen molar-refractivity contribution in [3.63, 3.8) is 0 Å². The average molecular weight is 268 g/mol. The molecule has 1 fully saturated rings. The van der Waals surface area contributed by atoms with Crippen LogP contribution >= 0.6 is 0 Å². The van der Waals surface area contributed by atoms with Gasteiger partial charge in [0.15, 0.2) is 0 Å². The van der Waals surface area contributed by atoms with Gasteiger partial charge in [-0.2, -0.15) is 0 Å². The van der Waals surface area contributed by atoms with E-state index >= 15 is 0 Å². The molecule has 106 valence electrons. The highest BCUT2D eigenvalue weighted by molar-refractivity contribution is 5.85. The van der Waals surface area contributed by atoms with Crippen LogP contribution in [0.2, 0.25) is 0 Å². The van der Waals surface area contributed by atoms with E-state index in [0.717, 1.165) is 13.0 Å². The smallest absolute Gasteiger partial charge is 0.102 e. The maximum absolute atomic E-state index is 4.85. The summed E-state index contributed by atoms with van der Waals surface area (Å²) in [6.07, 6.45) is 8.22. The third kappa shape index (κ3) is 2.95. The Bertz CT molecular complexity index is 487. The second kappa shape index (κ2) is 6.25. The zero-order valence-corrected chi connectivity index (χ0v) is 12.2. The molecule has 1 aromatic carbocycles. The van der Waals surface area contributed by atoms with E-state index in [-0.39, 0.29) is 0 Å². The van der Waals surface area contributed by atoms with Crippen molar-refractivity contribution in [2.75, 3.05) is 19.6 Å². The molecule has 2 heterocycles. The fourth-order valence-electron chi connectivity index (χ4n) is 3.37. The SMILES string of the molecule is C=Cc1ccc(CC2CCCCN3CCCN=C23)cc1. The van der Waals surface area contributed by atoms with Crippen molar-refractivity contribution in [1.29, 1.82) is 0 Å². The lowest BCUT2D eigenvalue weighted by molar-refractivity contribution is 0.383. The van der Waals surface area contributed by atoms with Crippen molar-refractivity contribution >= 4 is 11.9 Å². The molecule has 0 bridgehead atoms. The van der Waals surface area contributed by atoms with Crippen LogP contribution in [-0.4, -0.2) is 30.4 Å². The third-order valence-corrected chi connectivity index (χ3v) is 4.48. The lowest BCUT2D eigenvalue weighted by atomic mass is 9.92. The summed E-state index contributed by atoms with van der Waals surface area (Å²) < 4.78 is 0. The molecule has 1 unspecified atom stereocenters. The minimum Gasteiger partial charge on any atom is -0.360 e. The van der Waals surface area contributed by atoms with Gasteiger partial charge in [0.2, 0.25) is 0 Å². The number of amidine groups is 1. The van der Waals surface area contributed by atoms with Gasteiger partial charge in [-0.25, -0.2) is 0 Å². The molecule has 2 heteroatoms. The van der Waals surface area contributed by atoms with Crippen LogP contribution in [0.5, 0.6) is 0 Å². The van der Waals surface area contributed by atoms with E-state index in [1.807, 2.05) is 6.08 Å². The molecule has 1 atom stereocenters. The number of hydrogen-bond donors (Lipinski definition) is 0. The molecule has 1 aromatic rings. The Kier molecular flexibility index (Phi) is 4.19. The molecule has 0 N–H and O–H groups in total. The van der Waals surface area contributed by atoms with Crippen LogP contribution in [0.1, 0.15) is 36.8 Å². The molecular weight excluding hydrogens is 244 g/mol. The van der Waals surface area contributed by atoms with Gasteiger partial charge in [0.05, 0.1) is 0 Å². The lowest BCUT2D eigenvalue weighted by Gasteiger charge is -2.31. The van der Waals surface area contributed by atoms with E-state index in [9.17, 15) is 0 Å². The number of aliphatic imine (C=N–C) groups is 1. The number of nitrogens with zero attached hydrogens (tertiary/aromatic N) is 2. The Hall–Kier alpha value is -1.57. The molecule has 0 radical (unpaired) electrons. The largest absolute Gasteiger partial charge is 0.360 e. The van der Waals surface area contributed by atoms with Gasteiger partial charge in [0.1, 0.15) is 5.84 Å². The summed E-state index contributed by atoms with van der Waals surface area (Å²) in [4.78, 5) is 7.39. The Morgan fingerprint density at radius 3 is 2.75 bits per heavy atom. The van der Waals surface area contributed by atoms with E-state index in [4.69, 9.17) is 4.99 Å². The fraction of sp³-hybridized carbons (Fsp3) is 0.500. The zero-order chi connectivity index (χ0) is 13.8. The minimum atomic E-state index is 0.618. The first kappa shape index (κ1) is 13.4. The van der Waals surface area contributed by atoms with Gasteiger partial charge in [0.25, 0.3) is 0 Å². The molecule has 2 nitrogen and oxygen atoms in total. The quantitative estimate of drug-likeness (QED) is 0.814.